The molecule has 5 nitrogen and oxygen atoms in total. The van der Waals surface area contributed by atoms with Crippen LogP contribution in [-0.4, -0.2) is 24.9 Å². The van der Waals surface area contributed by atoms with Crippen molar-refractivity contribution >= 4 is 39.1 Å². The average Bonchev–Trinajstić information content (AvgIpc) is 3.34. The first kappa shape index (κ1) is 22.1. The van der Waals surface area contributed by atoms with E-state index in [1.54, 1.807) is 18.2 Å². The Bertz CT molecular complexity index is 1110. The Hall–Kier alpha value is -3.12. The molecule has 2 N–H and O–H groups in total. The number of nitrogens with one attached hydrogen (secondary N) is 2. The van der Waals surface area contributed by atoms with Crippen LogP contribution in [0.5, 0.6) is 0 Å². The predicted octanol–water partition coefficient (Wildman–Crippen LogP) is 5.79. The second-order valence-electron chi connectivity index (χ2n) is 8.00. The second-order valence-corrected chi connectivity index (χ2v) is 8.91. The largest absolute Gasteiger partial charge is 0.371 e. The molecule has 1 saturated heterocycles. The van der Waals surface area contributed by atoms with Crippen LogP contribution in [0.4, 0.5) is 11.4 Å². The summed E-state index contributed by atoms with van der Waals surface area (Å²) in [6, 6.07) is 22.5. The maximum absolute atomic E-state index is 13.3. The Morgan fingerprint density at radius 3 is 2.38 bits per heavy atom. The summed E-state index contributed by atoms with van der Waals surface area (Å²) in [7, 11) is 0. The average molecular weight is 492 g/mol. The lowest BCUT2D eigenvalue weighted by molar-refractivity contribution is 0.0939. The van der Waals surface area contributed by atoms with Crippen LogP contribution in [0.2, 0.25) is 0 Å². The zero-order chi connectivity index (χ0) is 22.5. The van der Waals surface area contributed by atoms with Gasteiger partial charge in [-0.25, -0.2) is 0 Å². The first-order valence-corrected chi connectivity index (χ1v) is 11.6. The third-order valence-corrected chi connectivity index (χ3v) is 6.17. The summed E-state index contributed by atoms with van der Waals surface area (Å²) in [5, 5.41) is 6.04. The zero-order valence-electron chi connectivity index (χ0n) is 18.0. The molecule has 0 saturated carbocycles. The van der Waals surface area contributed by atoms with Crippen molar-refractivity contribution in [1.29, 1.82) is 0 Å². The molecule has 1 heterocycles. The van der Waals surface area contributed by atoms with Gasteiger partial charge < -0.3 is 15.5 Å². The Kier molecular flexibility index (Phi) is 6.90. The monoisotopic (exact) mass is 491 g/mol. The molecule has 0 aliphatic carbocycles. The van der Waals surface area contributed by atoms with E-state index in [4.69, 9.17) is 0 Å². The number of hydrogen-bond acceptors (Lipinski definition) is 3. The maximum atomic E-state index is 13.3. The third-order valence-electron chi connectivity index (χ3n) is 5.68. The van der Waals surface area contributed by atoms with Crippen molar-refractivity contribution in [3.63, 3.8) is 0 Å². The molecule has 164 valence electrons. The van der Waals surface area contributed by atoms with Crippen molar-refractivity contribution in [2.75, 3.05) is 23.3 Å². The summed E-state index contributed by atoms with van der Waals surface area (Å²) in [5.74, 6) is -0.369. The summed E-state index contributed by atoms with van der Waals surface area (Å²) in [4.78, 5) is 28.2. The summed E-state index contributed by atoms with van der Waals surface area (Å²) >= 11 is 3.40. The molecular weight excluding hydrogens is 466 g/mol. The molecule has 1 aliphatic rings. The van der Waals surface area contributed by atoms with Gasteiger partial charge in [-0.3, -0.25) is 9.59 Å². The molecule has 0 bridgehead atoms. The van der Waals surface area contributed by atoms with Crippen LogP contribution in [0.1, 0.15) is 52.1 Å². The minimum atomic E-state index is -0.218. The van der Waals surface area contributed by atoms with Gasteiger partial charge in [-0.15, -0.1) is 0 Å². The van der Waals surface area contributed by atoms with Crippen LogP contribution in [0.15, 0.2) is 77.3 Å². The molecule has 1 aliphatic heterocycles. The number of rotatable bonds is 6. The van der Waals surface area contributed by atoms with Crippen LogP contribution in [0.25, 0.3) is 0 Å². The summed E-state index contributed by atoms with van der Waals surface area (Å²) in [6.07, 6.45) is 2.23. The van der Waals surface area contributed by atoms with E-state index in [2.05, 4.69) is 31.5 Å². The fourth-order valence-electron chi connectivity index (χ4n) is 3.96. The van der Waals surface area contributed by atoms with Crippen molar-refractivity contribution in [1.82, 2.24) is 5.32 Å². The number of carbonyl (C=O) groups is 2. The van der Waals surface area contributed by atoms with Gasteiger partial charge in [0.25, 0.3) is 11.8 Å². The molecule has 2 amide bonds. The van der Waals surface area contributed by atoms with Crippen LogP contribution >= 0.6 is 15.9 Å². The third kappa shape index (κ3) is 5.19. The lowest BCUT2D eigenvalue weighted by Gasteiger charge is -2.23. The fraction of sp³-hybridized carbons (Fsp3) is 0.231. The number of halogens is 1. The number of hydrogen-bond donors (Lipinski definition) is 2. The standard InChI is InChI=1S/C26H26BrN3O2/c1-18(19-8-3-2-4-9-19)28-26(32)23-17-22(12-13-24(23)30-14-5-6-15-30)29-25(31)20-10-7-11-21(27)16-20/h2-4,7-13,16-18H,5-6,14-15H2,1H3,(H,28,32)(H,29,31). The van der Waals surface area contributed by atoms with E-state index in [-0.39, 0.29) is 17.9 Å². The Morgan fingerprint density at radius 1 is 0.906 bits per heavy atom. The van der Waals surface area contributed by atoms with Crippen molar-refractivity contribution in [2.24, 2.45) is 0 Å². The molecule has 0 radical (unpaired) electrons. The van der Waals surface area contributed by atoms with Gasteiger partial charge in [-0.05, 0) is 61.7 Å². The van der Waals surface area contributed by atoms with Gasteiger partial charge in [-0.1, -0.05) is 52.3 Å². The summed E-state index contributed by atoms with van der Waals surface area (Å²) in [6.45, 7) is 3.83. The zero-order valence-corrected chi connectivity index (χ0v) is 19.6. The topological polar surface area (TPSA) is 61.4 Å². The van der Waals surface area contributed by atoms with Crippen molar-refractivity contribution in [3.05, 3.63) is 94.0 Å². The van der Waals surface area contributed by atoms with E-state index in [9.17, 15) is 9.59 Å². The number of carbonyl (C=O) groups excluding carboxylic acids is 2. The van der Waals surface area contributed by atoms with Crippen molar-refractivity contribution in [2.45, 2.75) is 25.8 Å². The smallest absolute Gasteiger partial charge is 0.255 e. The SMILES string of the molecule is CC(NC(=O)c1cc(NC(=O)c2cccc(Br)c2)ccc1N1CCCC1)c1ccccc1. The Morgan fingerprint density at radius 2 is 1.66 bits per heavy atom. The van der Waals surface area contributed by atoms with Crippen LogP contribution in [0, 0.1) is 0 Å². The van der Waals surface area contributed by atoms with E-state index in [1.807, 2.05) is 61.5 Å². The molecule has 3 aromatic rings. The molecule has 1 atom stereocenters. The van der Waals surface area contributed by atoms with E-state index in [1.165, 1.54) is 0 Å². The molecule has 6 heteroatoms. The van der Waals surface area contributed by atoms with Gasteiger partial charge in [0, 0.05) is 34.5 Å². The predicted molar refractivity (Wildman–Crippen MR) is 132 cm³/mol. The van der Waals surface area contributed by atoms with Gasteiger partial charge in [-0.2, -0.15) is 0 Å². The van der Waals surface area contributed by atoms with Gasteiger partial charge >= 0.3 is 0 Å². The second kappa shape index (κ2) is 10.0. The first-order chi connectivity index (χ1) is 15.5. The quantitative estimate of drug-likeness (QED) is 0.458. The highest BCUT2D eigenvalue weighted by atomic mass is 79.9. The normalized spacial score (nSPS) is 14.1. The minimum absolute atomic E-state index is 0.130. The van der Waals surface area contributed by atoms with E-state index in [0.29, 0.717) is 16.8 Å². The molecule has 32 heavy (non-hydrogen) atoms. The van der Waals surface area contributed by atoms with Gasteiger partial charge in [0.15, 0.2) is 0 Å². The number of nitrogens with zero attached hydrogens (tertiary/aromatic N) is 1. The maximum Gasteiger partial charge on any atom is 0.255 e. The molecular formula is C26H26BrN3O2. The van der Waals surface area contributed by atoms with E-state index in [0.717, 1.165) is 41.7 Å². The van der Waals surface area contributed by atoms with Crippen molar-refractivity contribution in [3.8, 4) is 0 Å². The molecule has 0 spiro atoms. The van der Waals surface area contributed by atoms with Crippen LogP contribution in [0.3, 0.4) is 0 Å². The molecule has 3 aromatic carbocycles. The Balaban J connectivity index is 1.59. The minimum Gasteiger partial charge on any atom is -0.371 e. The molecule has 1 unspecified atom stereocenters. The van der Waals surface area contributed by atoms with E-state index >= 15 is 0 Å². The van der Waals surface area contributed by atoms with Crippen LogP contribution in [-0.2, 0) is 0 Å². The summed E-state index contributed by atoms with van der Waals surface area (Å²) < 4.78 is 0.837. The highest BCUT2D eigenvalue weighted by molar-refractivity contribution is 9.10. The van der Waals surface area contributed by atoms with Gasteiger partial charge in [0.2, 0.25) is 0 Å². The fourth-order valence-corrected chi connectivity index (χ4v) is 4.36. The first-order valence-electron chi connectivity index (χ1n) is 10.8. The van der Waals surface area contributed by atoms with E-state index < -0.39 is 0 Å². The number of benzene rings is 3. The van der Waals surface area contributed by atoms with Gasteiger partial charge in [0.05, 0.1) is 11.6 Å². The number of anilines is 2. The van der Waals surface area contributed by atoms with Crippen molar-refractivity contribution < 1.29 is 9.59 Å². The van der Waals surface area contributed by atoms with Gasteiger partial charge in [0.1, 0.15) is 0 Å². The highest BCUT2D eigenvalue weighted by Gasteiger charge is 2.22. The lowest BCUT2D eigenvalue weighted by atomic mass is 10.1. The number of amides is 2. The highest BCUT2D eigenvalue weighted by Crippen LogP contribution is 2.28. The molecule has 0 aromatic heterocycles. The van der Waals surface area contributed by atoms with Crippen LogP contribution < -0.4 is 15.5 Å². The Labute approximate surface area is 197 Å². The molecule has 4 rings (SSSR count). The lowest BCUT2D eigenvalue weighted by Crippen LogP contribution is -2.29. The summed E-state index contributed by atoms with van der Waals surface area (Å²) in [5.41, 5.74) is 3.66. The molecule has 1 fully saturated rings.